The SMILES string of the molecule is CC(C)(SC(=S)N1CCOCC1)C(=O)O.CC(C)=O.Cl.ClC(Cl)[ClH+].S=C([S-])N1CCOCC1.[Na+]. The molecule has 0 bridgehead atoms. The smallest absolute Gasteiger partial charge is 0.480 e. The number of carboxylic acids is 1. The van der Waals surface area contributed by atoms with Crippen molar-refractivity contribution in [2.75, 3.05) is 52.6 Å². The quantitative estimate of drug-likeness (QED) is 0.196. The van der Waals surface area contributed by atoms with E-state index in [-0.39, 0.29) is 47.7 Å². The van der Waals surface area contributed by atoms with Crippen LogP contribution in [0.2, 0.25) is 0 Å². The van der Waals surface area contributed by atoms with Crippen molar-refractivity contribution in [1.82, 2.24) is 9.80 Å². The second kappa shape index (κ2) is 24.9. The summed E-state index contributed by atoms with van der Waals surface area (Å²) in [7, 11) is 0. The number of thiocarbonyl (C=S) groups is 2. The van der Waals surface area contributed by atoms with E-state index in [0.29, 0.717) is 21.9 Å². The van der Waals surface area contributed by atoms with E-state index in [1.807, 2.05) is 9.80 Å². The molecule has 1 N–H and O–H groups in total. The van der Waals surface area contributed by atoms with Gasteiger partial charge in [0.15, 0.2) is 0 Å². The Kier molecular flexibility index (Phi) is 31.2. The van der Waals surface area contributed by atoms with Gasteiger partial charge >= 0.3 is 39.8 Å². The summed E-state index contributed by atoms with van der Waals surface area (Å²) in [5.41, 5.74) is 0. The molecule has 0 amide bonds. The van der Waals surface area contributed by atoms with Gasteiger partial charge in [-0.05, 0) is 50.9 Å². The van der Waals surface area contributed by atoms with Gasteiger partial charge in [0.05, 0.1) is 26.4 Å². The molecule has 0 aliphatic carbocycles. The van der Waals surface area contributed by atoms with Gasteiger partial charge in [-0.3, -0.25) is 4.79 Å². The number of carboxylic acid groups (broad SMARTS) is 1. The fourth-order valence-corrected chi connectivity index (χ4v) is 3.83. The number of aliphatic carboxylic acids is 1. The molecule has 0 aromatic heterocycles. The fourth-order valence-electron chi connectivity index (χ4n) is 1.82. The van der Waals surface area contributed by atoms with Crippen LogP contribution in [0.5, 0.6) is 0 Å². The van der Waals surface area contributed by atoms with Gasteiger partial charge < -0.3 is 54.0 Å². The Hall–Kier alpha value is 1.57. The van der Waals surface area contributed by atoms with E-state index in [1.165, 1.54) is 25.6 Å². The summed E-state index contributed by atoms with van der Waals surface area (Å²) in [6, 6.07) is 0. The van der Waals surface area contributed by atoms with E-state index < -0.39 is 15.0 Å². The molecule has 2 rings (SSSR count). The number of rotatable bonds is 2. The number of hydrogen-bond donors (Lipinski definition) is 1. The van der Waals surface area contributed by atoms with Crippen LogP contribution in [0.1, 0.15) is 27.7 Å². The maximum Gasteiger partial charge on any atom is 1.00 e. The fraction of sp³-hybridized carbons (Fsp3) is 0.778. The predicted molar refractivity (Wildman–Crippen MR) is 147 cm³/mol. The van der Waals surface area contributed by atoms with Crippen molar-refractivity contribution < 1.29 is 65.3 Å². The Balaban J connectivity index is -0.000000202. The van der Waals surface area contributed by atoms with Crippen molar-refractivity contribution in [2.24, 2.45) is 0 Å². The van der Waals surface area contributed by atoms with Crippen LogP contribution in [0.25, 0.3) is 0 Å². The summed E-state index contributed by atoms with van der Waals surface area (Å²) in [6.45, 7) is 12.4. The first-order chi connectivity index (χ1) is 14.7. The standard InChI is InChI=1S/C9H15NO3S2.C5H9NOS2.C3H6O.CH2Cl3.ClH.Na/c1-9(2,7(11)12)15-8(14)10-3-5-13-6-4-10;8-5(9)6-1-3-7-4-2-6;1-3(2)4;2-1(3)4;;/h3-6H2,1-2H3,(H,11,12);1-4H2,(H,8,9);1-2H3;1-2H;1H;/q;;;+1;;+1/p-1. The third-order valence-corrected chi connectivity index (χ3v) is 5.54. The molecule has 0 aromatic carbocycles. The molecule has 0 radical (unpaired) electrons. The van der Waals surface area contributed by atoms with Crippen LogP contribution in [0.15, 0.2) is 0 Å². The number of carbonyl (C=O) groups is 2. The first-order valence-electron chi connectivity index (χ1n) is 9.44. The van der Waals surface area contributed by atoms with E-state index in [9.17, 15) is 9.59 Å². The minimum absolute atomic E-state index is 0. The van der Waals surface area contributed by atoms with Gasteiger partial charge in [-0.2, -0.15) is 0 Å². The normalized spacial score (nSPS) is 14.8. The number of hydrogen-bond acceptors (Lipinski definition) is 8. The minimum Gasteiger partial charge on any atom is -0.480 e. The van der Waals surface area contributed by atoms with E-state index in [1.54, 1.807) is 13.8 Å². The van der Waals surface area contributed by atoms with Gasteiger partial charge in [0.25, 0.3) is 0 Å². The van der Waals surface area contributed by atoms with Crippen LogP contribution >= 0.6 is 71.8 Å². The zero-order valence-electron chi connectivity index (χ0n) is 19.9. The first kappa shape index (κ1) is 42.7. The van der Waals surface area contributed by atoms with Crippen LogP contribution in [-0.2, 0) is 31.7 Å². The molecule has 0 spiro atoms. The second-order valence-corrected chi connectivity index (χ2v) is 12.2. The van der Waals surface area contributed by atoms with Crippen molar-refractivity contribution >= 4 is 105 Å². The van der Waals surface area contributed by atoms with Gasteiger partial charge in [-0.25, -0.2) is 0 Å². The molecular weight excluding hydrogens is 617 g/mol. The molecule has 2 heterocycles. The van der Waals surface area contributed by atoms with Gasteiger partial charge in [-0.15, -0.1) is 12.4 Å². The van der Waals surface area contributed by atoms with E-state index >= 15 is 0 Å². The number of ether oxygens (including phenoxy) is 2. The number of carbonyl (C=O) groups excluding carboxylic acids is 1. The molecule has 7 nitrogen and oxygen atoms in total. The maximum absolute atomic E-state index is 10.9. The van der Waals surface area contributed by atoms with Crippen LogP contribution in [-0.4, -0.2) is 96.9 Å². The summed E-state index contributed by atoms with van der Waals surface area (Å²) in [5, 5.41) is 8.96. The Morgan fingerprint density at radius 3 is 1.56 bits per heavy atom. The van der Waals surface area contributed by atoms with Crippen molar-refractivity contribution in [3.05, 3.63) is 0 Å². The Labute approximate surface area is 266 Å². The van der Waals surface area contributed by atoms with E-state index in [2.05, 4.69) is 11.6 Å². The molecule has 0 aromatic rings. The van der Waals surface area contributed by atoms with Crippen LogP contribution in [0.4, 0.5) is 0 Å². The maximum atomic E-state index is 10.9. The summed E-state index contributed by atoms with van der Waals surface area (Å²) < 4.78 is 10.0. The number of thioether (sulfide) groups is 1. The van der Waals surface area contributed by atoms with Crippen molar-refractivity contribution in [1.29, 1.82) is 0 Å². The van der Waals surface area contributed by atoms with Crippen LogP contribution in [0.3, 0.4) is 0 Å². The first-order valence-corrected chi connectivity index (χ1v) is 12.8. The minimum atomic E-state index is -0.866. The van der Waals surface area contributed by atoms with Crippen molar-refractivity contribution in [2.45, 2.75) is 36.7 Å². The summed E-state index contributed by atoms with van der Waals surface area (Å²) in [6.07, 6.45) is 0. The topological polar surface area (TPSA) is 79.3 Å². The Morgan fingerprint density at radius 2 is 1.32 bits per heavy atom. The zero-order valence-corrected chi connectivity index (χ0v) is 28.3. The molecule has 196 valence electrons. The van der Waals surface area contributed by atoms with Crippen molar-refractivity contribution in [3.8, 4) is 0 Å². The molecule has 16 heteroatoms. The van der Waals surface area contributed by atoms with Crippen LogP contribution < -0.4 is 29.6 Å². The largest absolute Gasteiger partial charge is 1.00 e. The molecule has 0 atom stereocenters. The zero-order chi connectivity index (χ0) is 25.3. The number of Topliss-reactive ketones (excluding diaryl/α,β-unsaturated/α-hetero) is 1. The number of morpholine rings is 2. The molecule has 2 saturated heterocycles. The van der Waals surface area contributed by atoms with E-state index in [0.717, 1.165) is 39.4 Å². The molecule has 0 unspecified atom stereocenters. The summed E-state index contributed by atoms with van der Waals surface area (Å²) >= 11 is 29.9. The third-order valence-electron chi connectivity index (χ3n) is 3.40. The summed E-state index contributed by atoms with van der Waals surface area (Å²) in [4.78, 5) is 24.3. The second-order valence-electron chi connectivity index (χ2n) is 6.82. The van der Waals surface area contributed by atoms with Gasteiger partial charge in [0.1, 0.15) is 26.5 Å². The number of halogens is 4. The average molecular weight is 650 g/mol. The number of alkyl halides is 3. The molecule has 2 aliphatic heterocycles. The van der Waals surface area contributed by atoms with Crippen molar-refractivity contribution in [3.63, 3.8) is 0 Å². The molecule has 2 aliphatic rings. The molecule has 34 heavy (non-hydrogen) atoms. The average Bonchev–Trinajstić information content (AvgIpc) is 2.68. The molecular formula is C18H32Cl4N2NaO5S4+. The molecule has 0 saturated carbocycles. The number of ketones is 1. The summed E-state index contributed by atoms with van der Waals surface area (Å²) in [5.74, 6) is -0.678. The van der Waals surface area contributed by atoms with Gasteiger partial charge in [-0.1, -0.05) is 28.3 Å². The monoisotopic (exact) mass is 647 g/mol. The van der Waals surface area contributed by atoms with Crippen LogP contribution in [0, 0.1) is 11.6 Å². The van der Waals surface area contributed by atoms with Gasteiger partial charge in [0, 0.05) is 26.2 Å². The third kappa shape index (κ3) is 26.6. The molecule has 2 fully saturated rings. The van der Waals surface area contributed by atoms with Gasteiger partial charge in [0.2, 0.25) is 0 Å². The number of nitrogens with zero attached hydrogens (tertiary/aromatic N) is 2. The Bertz CT molecular complexity index is 592. The predicted octanol–water partition coefficient (Wildman–Crippen LogP) is 0.401. The Morgan fingerprint density at radius 1 is 1.03 bits per heavy atom. The van der Waals surface area contributed by atoms with E-state index in [4.69, 9.17) is 74.8 Å².